The predicted octanol–water partition coefficient (Wildman–Crippen LogP) is -0.965. The van der Waals surface area contributed by atoms with Crippen LogP contribution in [0.1, 0.15) is 35.4 Å². The predicted molar refractivity (Wildman–Crippen MR) is 97.5 cm³/mol. The maximum atomic E-state index is 12.5. The molecule has 3 rings (SSSR count). The smallest absolute Gasteiger partial charge is 0.550 e. The van der Waals surface area contributed by atoms with Crippen LogP contribution >= 0.6 is 11.6 Å². The van der Waals surface area contributed by atoms with E-state index in [0.717, 1.165) is 30.4 Å². The first kappa shape index (κ1) is 22.4. The Kier molecular flexibility index (Phi) is 7.92. The molecule has 0 amide bonds. The Labute approximate surface area is 186 Å². The van der Waals surface area contributed by atoms with Crippen LogP contribution in [0, 0.1) is 0 Å². The summed E-state index contributed by atoms with van der Waals surface area (Å²) in [5.41, 5.74) is 2.85. The summed E-state index contributed by atoms with van der Waals surface area (Å²) in [4.78, 5) is 11.0. The summed E-state index contributed by atoms with van der Waals surface area (Å²) in [5.74, 6) is -1.11. The number of carboxylic acids is 1. The first-order chi connectivity index (χ1) is 12.3. The number of halogens is 1. The van der Waals surface area contributed by atoms with Gasteiger partial charge in [-0.05, 0) is 66.1 Å². The minimum Gasteiger partial charge on any atom is -0.550 e. The van der Waals surface area contributed by atoms with Crippen molar-refractivity contribution in [1.82, 2.24) is 4.72 Å². The summed E-state index contributed by atoms with van der Waals surface area (Å²) >= 11 is 5.81. The second kappa shape index (κ2) is 9.54. The van der Waals surface area contributed by atoms with Crippen LogP contribution in [0.15, 0.2) is 47.4 Å². The summed E-state index contributed by atoms with van der Waals surface area (Å²) < 4.78 is 27.6. The third kappa shape index (κ3) is 5.79. The molecule has 0 heterocycles. The summed E-state index contributed by atoms with van der Waals surface area (Å²) in [5, 5.41) is 11.3. The van der Waals surface area contributed by atoms with Crippen LogP contribution in [0.4, 0.5) is 0 Å². The first-order valence-corrected chi connectivity index (χ1v) is 10.3. The Hall–Kier alpha value is -0.890. The van der Waals surface area contributed by atoms with E-state index in [1.807, 2.05) is 12.1 Å². The number of aryl methyl sites for hydroxylation is 1. The van der Waals surface area contributed by atoms with Crippen molar-refractivity contribution in [3.63, 3.8) is 0 Å². The fourth-order valence-corrected chi connectivity index (χ4v) is 4.55. The fraction of sp³-hybridized carbons (Fsp3) is 0.316. The van der Waals surface area contributed by atoms with Gasteiger partial charge in [0.25, 0.3) is 0 Å². The third-order valence-electron chi connectivity index (χ3n) is 4.64. The Morgan fingerprint density at radius 3 is 2.56 bits per heavy atom. The zero-order chi connectivity index (χ0) is 18.7. The molecule has 27 heavy (non-hydrogen) atoms. The Balaban J connectivity index is 0.00000261. The molecule has 1 unspecified atom stereocenters. The molecule has 5 nitrogen and oxygen atoms in total. The standard InChI is InChI=1S/C19H20ClNO4S.Na/c20-16-6-8-17(9-7-16)26(24,25)21-12-15-3-1-2-14-5-4-13(10-18(14)15)11-19(22)23;/h4-10,15,21H,1-3,11-12H2,(H,22,23);/q;+1/p-1. The molecule has 0 aromatic heterocycles. The van der Waals surface area contributed by atoms with Crippen molar-refractivity contribution < 1.29 is 47.9 Å². The van der Waals surface area contributed by atoms with Crippen molar-refractivity contribution in [2.24, 2.45) is 0 Å². The van der Waals surface area contributed by atoms with Gasteiger partial charge >= 0.3 is 29.6 Å². The van der Waals surface area contributed by atoms with E-state index in [1.54, 1.807) is 6.07 Å². The Bertz CT molecular complexity index is 916. The molecule has 1 N–H and O–H groups in total. The maximum absolute atomic E-state index is 12.5. The molecular formula is C19H19ClNNaO4S. The van der Waals surface area contributed by atoms with Gasteiger partial charge in [-0.3, -0.25) is 0 Å². The zero-order valence-corrected chi connectivity index (χ0v) is 18.6. The number of carboxylic acid groups (broad SMARTS) is 1. The van der Waals surface area contributed by atoms with E-state index in [1.165, 1.54) is 24.3 Å². The second-order valence-corrected chi connectivity index (χ2v) is 8.68. The quantitative estimate of drug-likeness (QED) is 0.615. The number of hydrogen-bond donors (Lipinski definition) is 1. The van der Waals surface area contributed by atoms with Crippen molar-refractivity contribution in [2.75, 3.05) is 6.54 Å². The molecule has 1 atom stereocenters. The third-order valence-corrected chi connectivity index (χ3v) is 6.33. The monoisotopic (exact) mass is 415 g/mol. The second-order valence-electron chi connectivity index (χ2n) is 6.48. The largest absolute Gasteiger partial charge is 1.00 e. The van der Waals surface area contributed by atoms with E-state index in [4.69, 9.17) is 11.6 Å². The minimum atomic E-state index is -3.62. The number of fused-ring (bicyclic) bond motifs is 1. The number of nitrogens with one attached hydrogen (secondary N) is 1. The first-order valence-electron chi connectivity index (χ1n) is 8.42. The van der Waals surface area contributed by atoms with Gasteiger partial charge in [0.2, 0.25) is 10.0 Å². The zero-order valence-electron chi connectivity index (χ0n) is 15.1. The SMILES string of the molecule is O=C([O-])Cc1ccc2c(c1)C(CNS(=O)(=O)c1ccc(Cl)cc1)CCC2.[Na+]. The summed E-state index contributed by atoms with van der Waals surface area (Å²) in [6, 6.07) is 11.6. The van der Waals surface area contributed by atoms with E-state index in [-0.39, 0.29) is 53.3 Å². The van der Waals surface area contributed by atoms with Gasteiger partial charge in [0, 0.05) is 24.0 Å². The summed E-state index contributed by atoms with van der Waals surface area (Å²) in [7, 11) is -3.62. The molecule has 0 fully saturated rings. The van der Waals surface area contributed by atoms with E-state index < -0.39 is 16.0 Å². The van der Waals surface area contributed by atoms with Crippen LogP contribution in [0.3, 0.4) is 0 Å². The van der Waals surface area contributed by atoms with Crippen molar-refractivity contribution in [3.05, 3.63) is 64.2 Å². The van der Waals surface area contributed by atoms with Gasteiger partial charge in [0.05, 0.1) is 4.90 Å². The molecule has 0 aliphatic heterocycles. The topological polar surface area (TPSA) is 86.3 Å². The molecule has 0 bridgehead atoms. The molecule has 0 saturated heterocycles. The van der Waals surface area contributed by atoms with Gasteiger partial charge in [0.15, 0.2) is 0 Å². The van der Waals surface area contributed by atoms with E-state index in [0.29, 0.717) is 10.6 Å². The van der Waals surface area contributed by atoms with Crippen molar-refractivity contribution in [1.29, 1.82) is 0 Å². The van der Waals surface area contributed by atoms with Crippen molar-refractivity contribution >= 4 is 27.6 Å². The number of carbonyl (C=O) groups excluding carboxylic acids is 1. The number of rotatable bonds is 6. The molecule has 1 aliphatic rings. The molecule has 2 aromatic carbocycles. The van der Waals surface area contributed by atoms with Gasteiger partial charge < -0.3 is 9.90 Å². The number of aliphatic carboxylic acids is 1. The van der Waals surface area contributed by atoms with Crippen LogP contribution in [0.25, 0.3) is 0 Å². The van der Waals surface area contributed by atoms with Crippen LogP contribution in [0.2, 0.25) is 5.02 Å². The molecule has 0 saturated carbocycles. The number of hydrogen-bond acceptors (Lipinski definition) is 4. The van der Waals surface area contributed by atoms with E-state index in [9.17, 15) is 18.3 Å². The molecule has 138 valence electrons. The van der Waals surface area contributed by atoms with Crippen LogP contribution in [0.5, 0.6) is 0 Å². The average molecular weight is 416 g/mol. The Morgan fingerprint density at radius 1 is 1.19 bits per heavy atom. The fourth-order valence-electron chi connectivity index (χ4n) is 3.34. The average Bonchev–Trinajstić information content (AvgIpc) is 2.60. The normalized spacial score (nSPS) is 16.3. The molecule has 1 aliphatic carbocycles. The van der Waals surface area contributed by atoms with Crippen molar-refractivity contribution in [3.8, 4) is 0 Å². The minimum absolute atomic E-state index is 0. The van der Waals surface area contributed by atoms with Crippen LogP contribution < -0.4 is 39.4 Å². The van der Waals surface area contributed by atoms with Crippen LogP contribution in [-0.4, -0.2) is 20.9 Å². The van der Waals surface area contributed by atoms with Gasteiger partial charge in [-0.25, -0.2) is 13.1 Å². The van der Waals surface area contributed by atoms with E-state index >= 15 is 0 Å². The van der Waals surface area contributed by atoms with E-state index in [2.05, 4.69) is 4.72 Å². The van der Waals surface area contributed by atoms with Gasteiger partial charge in [-0.2, -0.15) is 0 Å². The number of benzene rings is 2. The maximum Gasteiger partial charge on any atom is 1.00 e. The van der Waals surface area contributed by atoms with Gasteiger partial charge in [0.1, 0.15) is 0 Å². The number of sulfonamides is 1. The van der Waals surface area contributed by atoms with Gasteiger partial charge in [-0.1, -0.05) is 29.8 Å². The molecule has 0 spiro atoms. The molecule has 8 heteroatoms. The molecular weight excluding hydrogens is 397 g/mol. The Morgan fingerprint density at radius 2 is 1.89 bits per heavy atom. The number of carbonyl (C=O) groups is 1. The molecule has 2 aromatic rings. The van der Waals surface area contributed by atoms with Gasteiger partial charge in [-0.15, -0.1) is 0 Å². The molecule has 0 radical (unpaired) electrons. The summed E-state index contributed by atoms with van der Waals surface area (Å²) in [6.45, 7) is 0.271. The van der Waals surface area contributed by atoms with Crippen LogP contribution in [-0.2, 0) is 27.7 Å². The van der Waals surface area contributed by atoms with Crippen molar-refractivity contribution in [2.45, 2.75) is 36.5 Å². The summed E-state index contributed by atoms with van der Waals surface area (Å²) in [6.07, 6.45) is 2.60.